The quantitative estimate of drug-likeness (QED) is 0.153. The van der Waals surface area contributed by atoms with Crippen LogP contribution in [0.3, 0.4) is 0 Å². The highest BCUT2D eigenvalue weighted by atomic mass is 14.5. The molecular weight excluding hydrogens is 757 g/mol. The van der Waals surface area contributed by atoms with Crippen molar-refractivity contribution in [3.8, 4) is 66.8 Å². The van der Waals surface area contributed by atoms with E-state index in [2.05, 4.69) is 222 Å². The molecule has 10 aromatic carbocycles. The van der Waals surface area contributed by atoms with Gasteiger partial charge in [0, 0.05) is 10.8 Å². The first-order chi connectivity index (χ1) is 30.8. The van der Waals surface area contributed by atoms with Gasteiger partial charge in [-0.15, -0.1) is 0 Å². The van der Waals surface area contributed by atoms with E-state index in [-0.39, 0.29) is 10.8 Å². The molecule has 0 bridgehead atoms. The third kappa shape index (κ3) is 4.27. The highest BCUT2D eigenvalue weighted by molar-refractivity contribution is 6.23. The lowest BCUT2D eigenvalue weighted by Crippen LogP contribution is -2.25. The van der Waals surface area contributed by atoms with Crippen LogP contribution in [0, 0.1) is 0 Å². The summed E-state index contributed by atoms with van der Waals surface area (Å²) >= 11 is 0. The molecule has 10 aromatic rings. The van der Waals surface area contributed by atoms with E-state index in [9.17, 15) is 0 Å². The zero-order valence-corrected chi connectivity index (χ0v) is 36.0. The summed E-state index contributed by atoms with van der Waals surface area (Å²) in [6, 6.07) is 74.7. The second kappa shape index (κ2) is 12.0. The Morgan fingerprint density at radius 1 is 0.238 bits per heavy atom. The van der Waals surface area contributed by atoms with Crippen LogP contribution in [-0.2, 0) is 16.2 Å². The Morgan fingerprint density at radius 2 is 0.571 bits per heavy atom. The van der Waals surface area contributed by atoms with Gasteiger partial charge in [-0.1, -0.05) is 198 Å². The molecule has 0 aromatic heterocycles. The highest BCUT2D eigenvalue weighted by Gasteiger charge is 2.52. The van der Waals surface area contributed by atoms with Crippen molar-refractivity contribution in [2.45, 2.75) is 43.9 Å². The fraction of sp³-hybridized carbons (Fsp3) is 0.111. The van der Waals surface area contributed by atoms with Gasteiger partial charge in [0.15, 0.2) is 0 Å². The summed E-state index contributed by atoms with van der Waals surface area (Å²) in [5.41, 5.74) is 26.3. The molecule has 0 N–H and O–H groups in total. The summed E-state index contributed by atoms with van der Waals surface area (Å²) in [5.74, 6) is 0. The summed E-state index contributed by atoms with van der Waals surface area (Å²) in [6.07, 6.45) is 0. The molecule has 0 saturated carbocycles. The van der Waals surface area contributed by atoms with Crippen LogP contribution in [0.15, 0.2) is 194 Å². The molecule has 296 valence electrons. The summed E-state index contributed by atoms with van der Waals surface area (Å²) < 4.78 is 0. The molecule has 0 heterocycles. The molecule has 0 saturated heterocycles. The molecule has 4 aliphatic rings. The Bertz CT molecular complexity index is 3640. The van der Waals surface area contributed by atoms with Crippen molar-refractivity contribution < 1.29 is 0 Å². The maximum absolute atomic E-state index is 2.63. The summed E-state index contributed by atoms with van der Waals surface area (Å²) in [6.45, 7) is 9.60. The Morgan fingerprint density at radius 3 is 1.02 bits per heavy atom. The number of fused-ring (bicyclic) bond motifs is 18. The molecule has 14 rings (SSSR count). The van der Waals surface area contributed by atoms with Gasteiger partial charge in [0.2, 0.25) is 0 Å². The van der Waals surface area contributed by atoms with Gasteiger partial charge in [0.05, 0.1) is 5.41 Å². The number of hydrogen-bond donors (Lipinski definition) is 0. The topological polar surface area (TPSA) is 0 Å². The predicted octanol–water partition coefficient (Wildman–Crippen LogP) is 16.3. The first kappa shape index (κ1) is 35.3. The van der Waals surface area contributed by atoms with Gasteiger partial charge in [0.1, 0.15) is 0 Å². The fourth-order valence-electron chi connectivity index (χ4n) is 13.1. The Balaban J connectivity index is 1.13. The summed E-state index contributed by atoms with van der Waals surface area (Å²) in [7, 11) is 0. The average Bonchev–Trinajstić information content (AvgIpc) is 3.95. The number of benzene rings is 10. The first-order valence-electron chi connectivity index (χ1n) is 22.6. The molecule has 0 unspecified atom stereocenters. The Kier molecular flexibility index (Phi) is 6.73. The van der Waals surface area contributed by atoms with E-state index in [1.165, 1.54) is 133 Å². The second-order valence-electron chi connectivity index (χ2n) is 19.5. The Hall–Kier alpha value is -7.28. The Labute approximate surface area is 369 Å². The normalized spacial score (nSPS) is 15.7. The minimum absolute atomic E-state index is 0.113. The SMILES string of the molecule is CC1(C)c2ccccc2-c2ccc(-c3c4ccccc4c(-c4ccc5c(c4)C(C)(C)c4ccccc4-5)c4cc5c(cc34)-c3ccccc3C53c4ccccc4-c4ccccc43)cc21. The third-order valence-corrected chi connectivity index (χ3v) is 15.9. The minimum atomic E-state index is -0.443. The van der Waals surface area contributed by atoms with Crippen molar-refractivity contribution in [3.63, 3.8) is 0 Å². The first-order valence-corrected chi connectivity index (χ1v) is 22.6. The van der Waals surface area contributed by atoms with E-state index >= 15 is 0 Å². The van der Waals surface area contributed by atoms with Gasteiger partial charge in [-0.3, -0.25) is 0 Å². The highest BCUT2D eigenvalue weighted by Crippen LogP contribution is 2.64. The molecule has 0 fully saturated rings. The lowest BCUT2D eigenvalue weighted by atomic mass is 9.70. The second-order valence-corrected chi connectivity index (χ2v) is 19.5. The molecule has 0 radical (unpaired) electrons. The molecular formula is C63H44. The van der Waals surface area contributed by atoms with Crippen LogP contribution in [0.1, 0.15) is 72.2 Å². The number of rotatable bonds is 2. The van der Waals surface area contributed by atoms with Crippen LogP contribution in [0.4, 0.5) is 0 Å². The fourth-order valence-corrected chi connectivity index (χ4v) is 13.1. The largest absolute Gasteiger partial charge is 0.0725 e. The van der Waals surface area contributed by atoms with Gasteiger partial charge < -0.3 is 0 Å². The van der Waals surface area contributed by atoms with Crippen molar-refractivity contribution >= 4 is 21.5 Å². The summed E-state index contributed by atoms with van der Waals surface area (Å²) in [4.78, 5) is 0. The van der Waals surface area contributed by atoms with Crippen molar-refractivity contribution in [2.75, 3.05) is 0 Å². The van der Waals surface area contributed by atoms with Crippen LogP contribution in [-0.4, -0.2) is 0 Å². The van der Waals surface area contributed by atoms with Gasteiger partial charge in [-0.2, -0.15) is 0 Å². The standard InChI is InChI=1S/C63H44/c1-61(2)51-24-12-7-17-39(51)44-31-29-37(33-56(44)61)59-46-22-5-6-23-47(46)60(38-30-32-45-40-18-8-13-25-52(40)62(3,4)57(45)34-38)50-36-58-48(35-49(50)59)43-21-11-16-28-55(43)63(58)53-26-14-9-19-41(53)42-20-10-15-27-54(42)63/h5-36H,1-4H3. The van der Waals surface area contributed by atoms with E-state index in [1.54, 1.807) is 0 Å². The van der Waals surface area contributed by atoms with Gasteiger partial charge in [-0.25, -0.2) is 0 Å². The van der Waals surface area contributed by atoms with Crippen molar-refractivity contribution in [1.82, 2.24) is 0 Å². The zero-order valence-electron chi connectivity index (χ0n) is 36.0. The molecule has 1 spiro atoms. The van der Waals surface area contributed by atoms with E-state index in [4.69, 9.17) is 0 Å². The van der Waals surface area contributed by atoms with Crippen LogP contribution in [0.5, 0.6) is 0 Å². The lowest BCUT2D eigenvalue weighted by molar-refractivity contribution is 0.660. The van der Waals surface area contributed by atoms with Gasteiger partial charge in [-0.05, 0) is 157 Å². The average molecular weight is 801 g/mol. The van der Waals surface area contributed by atoms with Crippen LogP contribution >= 0.6 is 0 Å². The van der Waals surface area contributed by atoms with Crippen molar-refractivity contribution in [2.24, 2.45) is 0 Å². The zero-order chi connectivity index (χ0) is 42.0. The van der Waals surface area contributed by atoms with Gasteiger partial charge in [0.25, 0.3) is 0 Å². The van der Waals surface area contributed by atoms with Crippen LogP contribution < -0.4 is 0 Å². The molecule has 0 atom stereocenters. The van der Waals surface area contributed by atoms with Crippen molar-refractivity contribution in [3.05, 3.63) is 239 Å². The van der Waals surface area contributed by atoms with E-state index in [1.807, 2.05) is 0 Å². The monoisotopic (exact) mass is 800 g/mol. The maximum Gasteiger partial charge on any atom is 0.0725 e. The van der Waals surface area contributed by atoms with Crippen LogP contribution in [0.25, 0.3) is 88.3 Å². The smallest absolute Gasteiger partial charge is 0.0619 e. The molecule has 0 amide bonds. The molecule has 0 aliphatic heterocycles. The summed E-state index contributed by atoms with van der Waals surface area (Å²) in [5, 5.41) is 5.17. The van der Waals surface area contributed by atoms with Crippen LogP contribution in [0.2, 0.25) is 0 Å². The number of hydrogen-bond acceptors (Lipinski definition) is 0. The minimum Gasteiger partial charge on any atom is -0.0619 e. The maximum atomic E-state index is 2.63. The van der Waals surface area contributed by atoms with E-state index in [0.717, 1.165) is 0 Å². The molecule has 63 heavy (non-hydrogen) atoms. The third-order valence-electron chi connectivity index (χ3n) is 15.9. The predicted molar refractivity (Wildman–Crippen MR) is 264 cm³/mol. The van der Waals surface area contributed by atoms with Gasteiger partial charge >= 0.3 is 0 Å². The van der Waals surface area contributed by atoms with E-state index < -0.39 is 5.41 Å². The molecule has 4 aliphatic carbocycles. The van der Waals surface area contributed by atoms with E-state index in [0.29, 0.717) is 0 Å². The van der Waals surface area contributed by atoms with Crippen molar-refractivity contribution in [1.29, 1.82) is 0 Å². The lowest BCUT2D eigenvalue weighted by Gasteiger charge is -2.31. The molecule has 0 heteroatoms. The molecule has 0 nitrogen and oxygen atoms in total.